The Bertz CT molecular complexity index is 560. The van der Waals surface area contributed by atoms with Gasteiger partial charge in [0.2, 0.25) is 17.8 Å². The van der Waals surface area contributed by atoms with Crippen molar-refractivity contribution in [3.8, 4) is 0 Å². The van der Waals surface area contributed by atoms with Crippen molar-refractivity contribution in [2.75, 3.05) is 37.6 Å². The highest BCUT2D eigenvalue weighted by Crippen LogP contribution is 2.10. The molecule has 0 saturated carbocycles. The lowest BCUT2D eigenvalue weighted by molar-refractivity contribution is -0.131. The number of hydrogen-bond acceptors (Lipinski definition) is 6. The van der Waals surface area contributed by atoms with E-state index in [9.17, 15) is 9.59 Å². The minimum atomic E-state index is -0.519. The Morgan fingerprint density at radius 3 is 2.48 bits per heavy atom. The summed E-state index contributed by atoms with van der Waals surface area (Å²) in [5, 5.41) is 2.76. The maximum atomic E-state index is 12.3. The molecule has 2 rings (SSSR count). The van der Waals surface area contributed by atoms with Crippen LogP contribution >= 0.6 is 0 Å². The van der Waals surface area contributed by atoms with Gasteiger partial charge in [0.15, 0.2) is 0 Å². The van der Waals surface area contributed by atoms with E-state index in [-0.39, 0.29) is 17.7 Å². The van der Waals surface area contributed by atoms with Crippen molar-refractivity contribution in [1.82, 2.24) is 20.2 Å². The van der Waals surface area contributed by atoms with Crippen LogP contribution in [0.5, 0.6) is 0 Å². The van der Waals surface area contributed by atoms with E-state index in [0.29, 0.717) is 45.1 Å². The van der Waals surface area contributed by atoms with Crippen molar-refractivity contribution in [2.24, 2.45) is 11.7 Å². The molecule has 1 saturated heterocycles. The van der Waals surface area contributed by atoms with Gasteiger partial charge in [-0.1, -0.05) is 20.3 Å². The molecule has 8 nitrogen and oxygen atoms in total. The number of carbonyl (C=O) groups excluding carboxylic acids is 2. The van der Waals surface area contributed by atoms with Crippen LogP contribution in [0.3, 0.4) is 0 Å². The summed E-state index contributed by atoms with van der Waals surface area (Å²) in [4.78, 5) is 36.5. The number of nitrogens with one attached hydrogen (secondary N) is 1. The van der Waals surface area contributed by atoms with Crippen molar-refractivity contribution in [3.63, 3.8) is 0 Å². The Morgan fingerprint density at radius 2 is 1.88 bits per heavy atom. The van der Waals surface area contributed by atoms with Crippen LogP contribution in [0.1, 0.15) is 26.7 Å². The summed E-state index contributed by atoms with van der Waals surface area (Å²) in [5.41, 5.74) is 5.88. The number of nitrogens with two attached hydrogens (primary N) is 1. The maximum absolute atomic E-state index is 12.3. The van der Waals surface area contributed by atoms with Crippen molar-refractivity contribution >= 4 is 17.8 Å². The van der Waals surface area contributed by atoms with Crippen LogP contribution in [0, 0.1) is 5.92 Å². The average molecular weight is 348 g/mol. The van der Waals surface area contributed by atoms with Crippen molar-refractivity contribution in [1.29, 1.82) is 0 Å². The number of hydrogen-bond donors (Lipinski definition) is 2. The second kappa shape index (κ2) is 9.31. The molecule has 0 aliphatic carbocycles. The van der Waals surface area contributed by atoms with Gasteiger partial charge in [-0.2, -0.15) is 0 Å². The van der Waals surface area contributed by atoms with Gasteiger partial charge in [-0.05, 0) is 12.0 Å². The minimum absolute atomic E-state index is 0.0473. The van der Waals surface area contributed by atoms with E-state index in [1.54, 1.807) is 18.5 Å². The summed E-state index contributed by atoms with van der Waals surface area (Å²) in [6.07, 6.45) is 4.57. The Morgan fingerprint density at radius 1 is 1.24 bits per heavy atom. The van der Waals surface area contributed by atoms with Gasteiger partial charge in [0.1, 0.15) is 0 Å². The minimum Gasteiger partial charge on any atom is -0.354 e. The van der Waals surface area contributed by atoms with Crippen molar-refractivity contribution < 1.29 is 9.59 Å². The maximum Gasteiger partial charge on any atom is 0.237 e. The van der Waals surface area contributed by atoms with Gasteiger partial charge < -0.3 is 20.9 Å². The Labute approximate surface area is 148 Å². The summed E-state index contributed by atoms with van der Waals surface area (Å²) in [6, 6.07) is 1.26. The zero-order valence-corrected chi connectivity index (χ0v) is 15.0. The second-order valence-electron chi connectivity index (χ2n) is 6.37. The van der Waals surface area contributed by atoms with Gasteiger partial charge in [0, 0.05) is 51.5 Å². The van der Waals surface area contributed by atoms with Crippen LogP contribution in [0.4, 0.5) is 5.95 Å². The molecule has 2 amide bonds. The fourth-order valence-corrected chi connectivity index (χ4v) is 2.69. The highest BCUT2D eigenvalue weighted by atomic mass is 16.2. The number of carbonyl (C=O) groups is 2. The number of amides is 2. The van der Waals surface area contributed by atoms with E-state index in [2.05, 4.69) is 20.2 Å². The summed E-state index contributed by atoms with van der Waals surface area (Å²) in [7, 11) is 0. The quantitative estimate of drug-likeness (QED) is 0.719. The third-order valence-corrected chi connectivity index (χ3v) is 4.67. The first-order valence-corrected chi connectivity index (χ1v) is 8.86. The summed E-state index contributed by atoms with van der Waals surface area (Å²) >= 11 is 0. The fourth-order valence-electron chi connectivity index (χ4n) is 2.69. The molecular weight excluding hydrogens is 320 g/mol. The van der Waals surface area contributed by atoms with Crippen LogP contribution in [-0.2, 0) is 9.59 Å². The first-order valence-electron chi connectivity index (χ1n) is 8.86. The topological polar surface area (TPSA) is 104 Å². The molecule has 1 fully saturated rings. The molecular formula is C17H28N6O2. The predicted octanol–water partition coefficient (Wildman–Crippen LogP) is 0.00490. The zero-order chi connectivity index (χ0) is 18.2. The second-order valence-corrected chi connectivity index (χ2v) is 6.37. The smallest absolute Gasteiger partial charge is 0.237 e. The number of anilines is 1. The van der Waals surface area contributed by atoms with Crippen LogP contribution in [0.25, 0.3) is 0 Å². The number of aromatic nitrogens is 2. The lowest BCUT2D eigenvalue weighted by Crippen LogP contribution is -2.50. The number of rotatable bonds is 7. The Kier molecular flexibility index (Phi) is 7.12. The standard InChI is InChI=1S/C17H28N6O2/c1-3-13(2)15(18)16(25)19-8-5-14(24)22-9-11-23(12-10-22)17-20-6-4-7-21-17/h4,6-7,13,15H,3,5,8-12,18H2,1-2H3,(H,19,25). The third-order valence-electron chi connectivity index (χ3n) is 4.67. The lowest BCUT2D eigenvalue weighted by atomic mass is 9.99. The molecule has 8 heteroatoms. The molecule has 0 spiro atoms. The van der Waals surface area contributed by atoms with Gasteiger partial charge in [0.05, 0.1) is 6.04 Å². The van der Waals surface area contributed by atoms with E-state index < -0.39 is 6.04 Å². The number of nitrogens with zero attached hydrogens (tertiary/aromatic N) is 4. The molecule has 2 heterocycles. The largest absolute Gasteiger partial charge is 0.354 e. The lowest BCUT2D eigenvalue weighted by Gasteiger charge is -2.34. The molecule has 0 radical (unpaired) electrons. The molecule has 0 aromatic carbocycles. The van der Waals surface area contributed by atoms with E-state index in [0.717, 1.165) is 6.42 Å². The van der Waals surface area contributed by atoms with Crippen molar-refractivity contribution in [2.45, 2.75) is 32.7 Å². The first-order chi connectivity index (χ1) is 12.0. The van der Waals surface area contributed by atoms with Crippen LogP contribution in [0.15, 0.2) is 18.5 Å². The molecule has 2 atom stereocenters. The predicted molar refractivity (Wildman–Crippen MR) is 95.9 cm³/mol. The molecule has 25 heavy (non-hydrogen) atoms. The molecule has 0 bridgehead atoms. The molecule has 138 valence electrons. The monoisotopic (exact) mass is 348 g/mol. The van der Waals surface area contributed by atoms with E-state index >= 15 is 0 Å². The molecule has 1 aliphatic rings. The zero-order valence-electron chi connectivity index (χ0n) is 15.0. The normalized spacial score (nSPS) is 17.1. The van der Waals surface area contributed by atoms with Gasteiger partial charge in [0.25, 0.3) is 0 Å². The van der Waals surface area contributed by atoms with E-state index in [4.69, 9.17) is 5.73 Å². The summed E-state index contributed by atoms with van der Waals surface area (Å²) in [5.74, 6) is 0.684. The Hall–Kier alpha value is -2.22. The van der Waals surface area contributed by atoms with E-state index in [1.165, 1.54) is 0 Å². The molecule has 1 aromatic heterocycles. The van der Waals surface area contributed by atoms with Crippen molar-refractivity contribution in [3.05, 3.63) is 18.5 Å². The van der Waals surface area contributed by atoms with Gasteiger partial charge >= 0.3 is 0 Å². The number of piperazine rings is 1. The highest BCUT2D eigenvalue weighted by molar-refractivity contribution is 5.83. The van der Waals surface area contributed by atoms with Crippen LogP contribution < -0.4 is 16.0 Å². The van der Waals surface area contributed by atoms with E-state index in [1.807, 2.05) is 18.7 Å². The van der Waals surface area contributed by atoms with Crippen LogP contribution in [-0.4, -0.2) is 65.4 Å². The first kappa shape index (κ1) is 19.1. The fraction of sp³-hybridized carbons (Fsp3) is 0.647. The van der Waals surface area contributed by atoms with Gasteiger partial charge in [-0.3, -0.25) is 9.59 Å². The SMILES string of the molecule is CCC(C)C(N)C(=O)NCCC(=O)N1CCN(c2ncccn2)CC1. The Balaban J connectivity index is 1.70. The molecule has 3 N–H and O–H groups in total. The molecule has 1 aliphatic heterocycles. The highest BCUT2D eigenvalue weighted by Gasteiger charge is 2.23. The average Bonchev–Trinajstić information content (AvgIpc) is 2.67. The summed E-state index contributed by atoms with van der Waals surface area (Å²) < 4.78 is 0. The van der Waals surface area contributed by atoms with Crippen LogP contribution in [0.2, 0.25) is 0 Å². The van der Waals surface area contributed by atoms with Gasteiger partial charge in [-0.25, -0.2) is 9.97 Å². The third kappa shape index (κ3) is 5.38. The molecule has 1 aromatic rings. The summed E-state index contributed by atoms with van der Waals surface area (Å²) in [6.45, 7) is 6.97. The molecule has 2 unspecified atom stereocenters. The van der Waals surface area contributed by atoms with Gasteiger partial charge in [-0.15, -0.1) is 0 Å².